The van der Waals surface area contributed by atoms with Gasteiger partial charge in [0.05, 0.1) is 17.9 Å². The van der Waals surface area contributed by atoms with Crippen molar-refractivity contribution in [1.29, 1.82) is 0 Å². The minimum absolute atomic E-state index is 0.0826. The van der Waals surface area contributed by atoms with E-state index in [0.717, 1.165) is 37.1 Å². The van der Waals surface area contributed by atoms with Gasteiger partial charge < -0.3 is 10.3 Å². The van der Waals surface area contributed by atoms with Crippen molar-refractivity contribution in [2.45, 2.75) is 31.6 Å². The summed E-state index contributed by atoms with van der Waals surface area (Å²) < 4.78 is 0. The molecule has 1 heterocycles. The van der Waals surface area contributed by atoms with Gasteiger partial charge >= 0.3 is 0 Å². The predicted molar refractivity (Wildman–Crippen MR) is 77.4 cm³/mol. The van der Waals surface area contributed by atoms with Crippen molar-refractivity contribution in [3.05, 3.63) is 53.6 Å². The van der Waals surface area contributed by atoms with E-state index in [1.54, 1.807) is 6.33 Å². The summed E-state index contributed by atoms with van der Waals surface area (Å²) in [6.45, 7) is 0.680. The van der Waals surface area contributed by atoms with Gasteiger partial charge in [-0.1, -0.05) is 30.3 Å². The van der Waals surface area contributed by atoms with Crippen LogP contribution in [0.25, 0.3) is 0 Å². The predicted octanol–water partition coefficient (Wildman–Crippen LogP) is 2.19. The second kappa shape index (κ2) is 5.90. The largest absolute Gasteiger partial charge is 0.355 e. The fourth-order valence-electron chi connectivity index (χ4n) is 2.80. The van der Waals surface area contributed by atoms with Crippen LogP contribution in [0.3, 0.4) is 0 Å². The van der Waals surface area contributed by atoms with Gasteiger partial charge in [-0.05, 0) is 31.2 Å². The Morgan fingerprint density at radius 2 is 2.20 bits per heavy atom. The zero-order valence-electron chi connectivity index (χ0n) is 11.4. The third kappa shape index (κ3) is 2.74. The van der Waals surface area contributed by atoms with Gasteiger partial charge in [-0.25, -0.2) is 4.98 Å². The van der Waals surface area contributed by atoms with E-state index in [2.05, 4.69) is 27.4 Å². The van der Waals surface area contributed by atoms with Gasteiger partial charge in [-0.15, -0.1) is 0 Å². The van der Waals surface area contributed by atoms with Gasteiger partial charge in [-0.3, -0.25) is 4.79 Å². The van der Waals surface area contributed by atoms with E-state index in [9.17, 15) is 4.79 Å². The monoisotopic (exact) mass is 269 g/mol. The van der Waals surface area contributed by atoms with Crippen LogP contribution in [0.15, 0.2) is 36.7 Å². The lowest BCUT2D eigenvalue weighted by atomic mass is 9.89. The maximum absolute atomic E-state index is 12.3. The van der Waals surface area contributed by atoms with Crippen molar-refractivity contribution >= 4 is 5.91 Å². The molecule has 1 amide bonds. The van der Waals surface area contributed by atoms with Crippen LogP contribution in [0.1, 0.15) is 35.7 Å². The third-order valence-corrected chi connectivity index (χ3v) is 3.87. The molecule has 0 bridgehead atoms. The van der Waals surface area contributed by atoms with Gasteiger partial charge in [0, 0.05) is 12.2 Å². The summed E-state index contributed by atoms with van der Waals surface area (Å²) in [5, 5.41) is 3.04. The van der Waals surface area contributed by atoms with Crippen LogP contribution in [-0.4, -0.2) is 22.4 Å². The Balaban J connectivity index is 1.56. The number of rotatable bonds is 4. The molecule has 1 aromatic carbocycles. The first-order valence-electron chi connectivity index (χ1n) is 7.18. The number of amides is 1. The number of carbonyl (C=O) groups excluding carboxylic acids is 1. The quantitative estimate of drug-likeness (QED) is 0.894. The molecule has 1 unspecified atom stereocenters. The van der Waals surface area contributed by atoms with Crippen LogP contribution in [0.2, 0.25) is 0 Å². The lowest BCUT2D eigenvalue weighted by Crippen LogP contribution is -2.32. The van der Waals surface area contributed by atoms with E-state index in [4.69, 9.17) is 0 Å². The van der Waals surface area contributed by atoms with Gasteiger partial charge in [0.15, 0.2) is 0 Å². The second-order valence-corrected chi connectivity index (χ2v) is 5.24. The number of nitrogens with zero attached hydrogens (tertiary/aromatic N) is 1. The maximum atomic E-state index is 12.3. The van der Waals surface area contributed by atoms with E-state index >= 15 is 0 Å². The standard InChI is InChI=1S/C16H19N3O/c20-16(17-10-9-12-5-2-1-3-6-12)13-7-4-8-14-15(13)19-11-18-14/h1-3,5-6,11,13H,4,7-10H2,(H,17,20)(H,18,19). The maximum Gasteiger partial charge on any atom is 0.229 e. The molecule has 0 radical (unpaired) electrons. The van der Waals surface area contributed by atoms with Crippen molar-refractivity contribution in [1.82, 2.24) is 15.3 Å². The molecule has 0 saturated heterocycles. The fourth-order valence-corrected chi connectivity index (χ4v) is 2.80. The molecule has 4 nitrogen and oxygen atoms in total. The molecule has 0 fully saturated rings. The highest BCUT2D eigenvalue weighted by Gasteiger charge is 2.28. The molecular formula is C16H19N3O. The van der Waals surface area contributed by atoms with E-state index in [1.165, 1.54) is 5.56 Å². The summed E-state index contributed by atoms with van der Waals surface area (Å²) in [6, 6.07) is 10.2. The molecule has 2 aromatic rings. The molecule has 3 rings (SSSR count). The number of hydrogen-bond acceptors (Lipinski definition) is 2. The zero-order valence-corrected chi connectivity index (χ0v) is 11.4. The average molecular weight is 269 g/mol. The SMILES string of the molecule is O=C(NCCc1ccccc1)C1CCCc2[nH]cnc21. The number of hydrogen-bond donors (Lipinski definition) is 2. The highest BCUT2D eigenvalue weighted by molar-refractivity contribution is 5.83. The number of aryl methyl sites for hydroxylation is 1. The normalized spacial score (nSPS) is 17.5. The number of benzene rings is 1. The number of imidazole rings is 1. The van der Waals surface area contributed by atoms with Crippen molar-refractivity contribution < 1.29 is 4.79 Å². The van der Waals surface area contributed by atoms with E-state index < -0.39 is 0 Å². The number of aromatic nitrogens is 2. The molecule has 20 heavy (non-hydrogen) atoms. The van der Waals surface area contributed by atoms with Crippen LogP contribution in [-0.2, 0) is 17.6 Å². The van der Waals surface area contributed by atoms with E-state index in [-0.39, 0.29) is 11.8 Å². The molecule has 0 saturated carbocycles. The molecule has 4 heteroatoms. The van der Waals surface area contributed by atoms with Crippen LogP contribution < -0.4 is 5.32 Å². The Morgan fingerprint density at radius 3 is 3.05 bits per heavy atom. The summed E-state index contributed by atoms with van der Waals surface area (Å²) in [4.78, 5) is 19.7. The molecule has 1 atom stereocenters. The summed E-state index contributed by atoms with van der Waals surface area (Å²) >= 11 is 0. The smallest absolute Gasteiger partial charge is 0.229 e. The van der Waals surface area contributed by atoms with Crippen LogP contribution >= 0.6 is 0 Å². The molecular weight excluding hydrogens is 250 g/mol. The number of carbonyl (C=O) groups is 1. The van der Waals surface area contributed by atoms with E-state index in [1.807, 2.05) is 18.2 Å². The Bertz CT molecular complexity index is 576. The molecule has 1 aliphatic rings. The zero-order chi connectivity index (χ0) is 13.8. The van der Waals surface area contributed by atoms with Crippen LogP contribution in [0.4, 0.5) is 0 Å². The topological polar surface area (TPSA) is 57.8 Å². The number of nitrogens with one attached hydrogen (secondary N) is 2. The summed E-state index contributed by atoms with van der Waals surface area (Å²) in [6.07, 6.45) is 5.51. The number of aromatic amines is 1. The molecule has 104 valence electrons. The Kier molecular flexibility index (Phi) is 3.81. The summed E-state index contributed by atoms with van der Waals surface area (Å²) in [7, 11) is 0. The first kappa shape index (κ1) is 12.9. The van der Waals surface area contributed by atoms with Gasteiger partial charge in [0.1, 0.15) is 0 Å². The van der Waals surface area contributed by atoms with Crippen molar-refractivity contribution in [2.75, 3.05) is 6.54 Å². The first-order chi connectivity index (χ1) is 9.84. The fraction of sp³-hybridized carbons (Fsp3) is 0.375. The molecule has 0 aliphatic heterocycles. The van der Waals surface area contributed by atoms with Crippen molar-refractivity contribution in [3.8, 4) is 0 Å². The van der Waals surface area contributed by atoms with Crippen molar-refractivity contribution in [3.63, 3.8) is 0 Å². The molecule has 2 N–H and O–H groups in total. The van der Waals surface area contributed by atoms with Crippen LogP contribution in [0, 0.1) is 0 Å². The first-order valence-corrected chi connectivity index (χ1v) is 7.18. The Hall–Kier alpha value is -2.10. The summed E-state index contributed by atoms with van der Waals surface area (Å²) in [5.74, 6) is 0.0229. The highest BCUT2D eigenvalue weighted by Crippen LogP contribution is 2.28. The van der Waals surface area contributed by atoms with Gasteiger partial charge in [-0.2, -0.15) is 0 Å². The lowest BCUT2D eigenvalue weighted by Gasteiger charge is -2.20. The number of H-pyrrole nitrogens is 1. The summed E-state index contributed by atoms with van der Waals surface area (Å²) in [5.41, 5.74) is 3.31. The molecule has 1 aromatic heterocycles. The minimum atomic E-state index is -0.0826. The Labute approximate surface area is 118 Å². The molecule has 1 aliphatic carbocycles. The minimum Gasteiger partial charge on any atom is -0.355 e. The second-order valence-electron chi connectivity index (χ2n) is 5.24. The highest BCUT2D eigenvalue weighted by atomic mass is 16.1. The average Bonchev–Trinajstić information content (AvgIpc) is 2.96. The lowest BCUT2D eigenvalue weighted by molar-refractivity contribution is -0.122. The van der Waals surface area contributed by atoms with Crippen LogP contribution in [0.5, 0.6) is 0 Å². The molecule has 0 spiro atoms. The Morgan fingerprint density at radius 1 is 1.35 bits per heavy atom. The van der Waals surface area contributed by atoms with E-state index in [0.29, 0.717) is 6.54 Å². The third-order valence-electron chi connectivity index (χ3n) is 3.87. The van der Waals surface area contributed by atoms with Crippen molar-refractivity contribution in [2.24, 2.45) is 0 Å². The van der Waals surface area contributed by atoms with Gasteiger partial charge in [0.2, 0.25) is 5.91 Å². The van der Waals surface area contributed by atoms with Gasteiger partial charge in [0.25, 0.3) is 0 Å². The number of fused-ring (bicyclic) bond motifs is 1.